The summed E-state index contributed by atoms with van der Waals surface area (Å²) in [6, 6.07) is 10.7. The highest BCUT2D eigenvalue weighted by molar-refractivity contribution is 6.31. The van der Waals surface area contributed by atoms with E-state index in [0.717, 1.165) is 29.8 Å². The lowest BCUT2D eigenvalue weighted by Crippen LogP contribution is -2.49. The van der Waals surface area contributed by atoms with E-state index in [4.69, 9.17) is 16.3 Å². The van der Waals surface area contributed by atoms with Crippen LogP contribution in [0.2, 0.25) is 5.02 Å². The molecule has 36 heavy (non-hydrogen) atoms. The van der Waals surface area contributed by atoms with Crippen molar-refractivity contribution < 1.29 is 19.1 Å². The minimum absolute atomic E-state index is 0.0622. The summed E-state index contributed by atoms with van der Waals surface area (Å²) < 4.78 is 5.41. The van der Waals surface area contributed by atoms with E-state index in [0.29, 0.717) is 73.8 Å². The van der Waals surface area contributed by atoms with E-state index >= 15 is 0 Å². The third-order valence-electron chi connectivity index (χ3n) is 7.21. The molecule has 3 aliphatic rings. The number of hydrogen-bond donors (Lipinski definition) is 1. The van der Waals surface area contributed by atoms with Crippen molar-refractivity contribution in [3.8, 4) is 0 Å². The molecule has 3 aliphatic heterocycles. The molecule has 2 saturated heterocycles. The molecule has 188 valence electrons. The van der Waals surface area contributed by atoms with Crippen LogP contribution >= 0.6 is 11.6 Å². The second-order valence-electron chi connectivity index (χ2n) is 9.69. The number of aryl methyl sites for hydroxylation is 1. The third kappa shape index (κ3) is 5.24. The third-order valence-corrected chi connectivity index (χ3v) is 7.57. The molecule has 1 unspecified atom stereocenters. The molecule has 2 amide bonds. The number of carbonyl (C=O) groups is 3. The number of ketones is 1. The zero-order chi connectivity index (χ0) is 25.2. The highest BCUT2D eigenvalue weighted by atomic mass is 35.5. The van der Waals surface area contributed by atoms with Gasteiger partial charge in [0, 0.05) is 54.4 Å². The van der Waals surface area contributed by atoms with E-state index in [1.54, 1.807) is 17.0 Å². The van der Waals surface area contributed by atoms with Crippen LogP contribution in [0.25, 0.3) is 0 Å². The van der Waals surface area contributed by atoms with Gasteiger partial charge in [-0.15, -0.1) is 0 Å². The van der Waals surface area contributed by atoms with Crippen LogP contribution in [0.5, 0.6) is 0 Å². The van der Waals surface area contributed by atoms with Crippen molar-refractivity contribution in [3.05, 3.63) is 81.5 Å². The minimum Gasteiger partial charge on any atom is -0.379 e. The summed E-state index contributed by atoms with van der Waals surface area (Å²) in [5.41, 5.74) is 4.85. The van der Waals surface area contributed by atoms with E-state index < -0.39 is 6.04 Å². The van der Waals surface area contributed by atoms with E-state index in [1.165, 1.54) is 0 Å². The molecule has 2 aromatic carbocycles. The highest BCUT2D eigenvalue weighted by Crippen LogP contribution is 2.29. The lowest BCUT2D eigenvalue weighted by molar-refractivity contribution is -0.126. The first-order valence-electron chi connectivity index (χ1n) is 12.4. The number of fused-ring (bicyclic) bond motifs is 1. The smallest absolute Gasteiger partial charge is 0.255 e. The van der Waals surface area contributed by atoms with Crippen molar-refractivity contribution >= 4 is 29.2 Å². The first-order chi connectivity index (χ1) is 17.4. The maximum atomic E-state index is 13.0. The molecule has 0 aliphatic carbocycles. The monoisotopic (exact) mass is 507 g/mol. The summed E-state index contributed by atoms with van der Waals surface area (Å²) in [5, 5.41) is 3.43. The number of amides is 2. The molecule has 8 heteroatoms. The number of nitrogens with zero attached hydrogens (tertiary/aromatic N) is 2. The Morgan fingerprint density at radius 2 is 1.94 bits per heavy atom. The molecule has 2 fully saturated rings. The van der Waals surface area contributed by atoms with Gasteiger partial charge in [-0.2, -0.15) is 0 Å². The van der Waals surface area contributed by atoms with Crippen LogP contribution in [-0.2, 0) is 29.0 Å². The molecule has 2 aromatic rings. The van der Waals surface area contributed by atoms with Gasteiger partial charge in [-0.25, -0.2) is 0 Å². The van der Waals surface area contributed by atoms with Gasteiger partial charge in [0.1, 0.15) is 6.04 Å². The molecular weight excluding hydrogens is 478 g/mol. The number of piperidine rings is 1. The average molecular weight is 508 g/mol. The number of hydrogen-bond acceptors (Lipinski definition) is 5. The first kappa shape index (κ1) is 24.7. The van der Waals surface area contributed by atoms with E-state index in [2.05, 4.69) is 16.8 Å². The van der Waals surface area contributed by atoms with Crippen LogP contribution in [0.15, 0.2) is 48.7 Å². The normalized spacial score (nSPS) is 20.4. The summed E-state index contributed by atoms with van der Waals surface area (Å²) in [4.78, 5) is 42.3. The van der Waals surface area contributed by atoms with Gasteiger partial charge in [-0.3, -0.25) is 19.3 Å². The van der Waals surface area contributed by atoms with Gasteiger partial charge in [0.25, 0.3) is 5.91 Å². The van der Waals surface area contributed by atoms with Crippen LogP contribution in [-0.4, -0.2) is 59.7 Å². The molecular formula is C28H30ClN3O4. The molecule has 0 saturated carbocycles. The fourth-order valence-electron chi connectivity index (χ4n) is 5.13. The predicted octanol–water partition coefficient (Wildman–Crippen LogP) is 3.74. The van der Waals surface area contributed by atoms with Crippen LogP contribution in [0.1, 0.15) is 56.7 Å². The first-order valence-corrected chi connectivity index (χ1v) is 12.8. The SMILES string of the molecule is C=C1CCC(N2Cc3cc(CCC(=O)c4ccc(Cl)c(CN5CCOCC5)c4)ccc3C2=O)C(=O)N1. The molecule has 0 spiro atoms. The Morgan fingerprint density at radius 3 is 2.72 bits per heavy atom. The van der Waals surface area contributed by atoms with Gasteiger partial charge >= 0.3 is 0 Å². The van der Waals surface area contributed by atoms with E-state index in [9.17, 15) is 14.4 Å². The van der Waals surface area contributed by atoms with Crippen molar-refractivity contribution in [1.82, 2.24) is 15.1 Å². The van der Waals surface area contributed by atoms with Crippen molar-refractivity contribution in [3.63, 3.8) is 0 Å². The number of carbonyl (C=O) groups excluding carboxylic acids is 3. The maximum Gasteiger partial charge on any atom is 0.255 e. The average Bonchev–Trinajstić information content (AvgIpc) is 3.20. The Hall–Kier alpha value is -3.00. The number of ether oxygens (including phenoxy) is 1. The zero-order valence-electron chi connectivity index (χ0n) is 20.2. The Morgan fingerprint density at radius 1 is 1.14 bits per heavy atom. The number of benzene rings is 2. The van der Waals surface area contributed by atoms with Gasteiger partial charge in [0.2, 0.25) is 5.91 Å². The molecule has 5 rings (SSSR count). The highest BCUT2D eigenvalue weighted by Gasteiger charge is 2.38. The number of morpholine rings is 1. The summed E-state index contributed by atoms with van der Waals surface area (Å²) in [6.45, 7) is 8.05. The Labute approximate surface area is 216 Å². The van der Waals surface area contributed by atoms with Gasteiger partial charge in [0.15, 0.2) is 5.78 Å². The van der Waals surface area contributed by atoms with Gasteiger partial charge in [-0.1, -0.05) is 30.3 Å². The lowest BCUT2D eigenvalue weighted by atomic mass is 9.98. The Bertz CT molecular complexity index is 1220. The standard InChI is InChI=1S/C28H30ClN3O4/c1-18-2-8-25(27(34)30-18)32-17-21-14-19(3-6-23(21)28(32)35)4-9-26(33)20-5-7-24(29)22(15-20)16-31-10-12-36-13-11-31/h3,5-7,14-15,25H,1-2,4,8-13,16-17H2,(H,30,34). The molecule has 0 aromatic heterocycles. The summed E-state index contributed by atoms with van der Waals surface area (Å²) >= 11 is 6.41. The van der Waals surface area contributed by atoms with Crippen LogP contribution in [0.3, 0.4) is 0 Å². The van der Waals surface area contributed by atoms with Gasteiger partial charge < -0.3 is 15.0 Å². The molecule has 0 bridgehead atoms. The summed E-state index contributed by atoms with van der Waals surface area (Å²) in [7, 11) is 0. The summed E-state index contributed by atoms with van der Waals surface area (Å²) in [5.74, 6) is -0.226. The van der Waals surface area contributed by atoms with E-state index in [-0.39, 0.29) is 17.6 Å². The Kier molecular flexibility index (Phi) is 7.23. The maximum absolute atomic E-state index is 13.0. The lowest BCUT2D eigenvalue weighted by Gasteiger charge is -2.30. The van der Waals surface area contributed by atoms with Crippen LogP contribution < -0.4 is 5.32 Å². The quantitative estimate of drug-likeness (QED) is 0.578. The second-order valence-corrected chi connectivity index (χ2v) is 10.1. The second kappa shape index (κ2) is 10.5. The molecule has 1 N–H and O–H groups in total. The predicted molar refractivity (Wildman–Crippen MR) is 137 cm³/mol. The molecule has 1 atom stereocenters. The number of allylic oxidation sites excluding steroid dienone is 1. The van der Waals surface area contributed by atoms with Crippen molar-refractivity contribution in [2.24, 2.45) is 0 Å². The van der Waals surface area contributed by atoms with Crippen LogP contribution in [0, 0.1) is 0 Å². The summed E-state index contributed by atoms with van der Waals surface area (Å²) in [6.07, 6.45) is 2.19. The number of halogens is 1. The number of rotatable bonds is 7. The number of nitrogens with one attached hydrogen (secondary N) is 1. The van der Waals surface area contributed by atoms with Gasteiger partial charge in [-0.05, 0) is 60.2 Å². The molecule has 0 radical (unpaired) electrons. The fourth-order valence-corrected chi connectivity index (χ4v) is 5.31. The van der Waals surface area contributed by atoms with Crippen molar-refractivity contribution in [1.29, 1.82) is 0 Å². The number of Topliss-reactive ketones (excluding diaryl/α,β-unsaturated/α-hetero) is 1. The fraction of sp³-hybridized carbons (Fsp3) is 0.393. The largest absolute Gasteiger partial charge is 0.379 e. The molecule has 3 heterocycles. The zero-order valence-corrected chi connectivity index (χ0v) is 21.0. The van der Waals surface area contributed by atoms with Gasteiger partial charge in [0.05, 0.1) is 13.2 Å². The Balaban J connectivity index is 1.22. The topological polar surface area (TPSA) is 79.0 Å². The van der Waals surface area contributed by atoms with Crippen LogP contribution in [0.4, 0.5) is 0 Å². The van der Waals surface area contributed by atoms with Crippen molar-refractivity contribution in [2.45, 2.75) is 44.8 Å². The molecule has 7 nitrogen and oxygen atoms in total. The van der Waals surface area contributed by atoms with Crippen molar-refractivity contribution in [2.75, 3.05) is 26.3 Å². The minimum atomic E-state index is -0.475. The van der Waals surface area contributed by atoms with E-state index in [1.807, 2.05) is 24.3 Å².